The van der Waals surface area contributed by atoms with Crippen LogP contribution in [-0.2, 0) is 10.0 Å². The van der Waals surface area contributed by atoms with Gasteiger partial charge in [0.25, 0.3) is 10.0 Å². The Hall–Kier alpha value is -2.99. The van der Waals surface area contributed by atoms with Gasteiger partial charge in [0, 0.05) is 24.2 Å². The lowest BCUT2D eigenvalue weighted by Gasteiger charge is -2.07. The highest BCUT2D eigenvalue weighted by Crippen LogP contribution is 2.24. The van der Waals surface area contributed by atoms with Crippen molar-refractivity contribution in [3.05, 3.63) is 79.3 Å². The van der Waals surface area contributed by atoms with Gasteiger partial charge < -0.3 is 0 Å². The van der Waals surface area contributed by atoms with Crippen molar-refractivity contribution in [2.75, 3.05) is 0 Å². The molecule has 4 rings (SSSR count). The Kier molecular flexibility index (Phi) is 3.39. The number of fused-ring (bicyclic) bond motifs is 1. The molecule has 24 heavy (non-hydrogen) atoms. The van der Waals surface area contributed by atoms with Crippen LogP contribution in [0.25, 0.3) is 22.3 Å². The predicted molar refractivity (Wildman–Crippen MR) is 92.0 cm³/mol. The SMILES string of the molecule is O=S(=O)(c1ccccc1)n1ccc2nc(-c3cccnc3)ccc21. The summed E-state index contributed by atoms with van der Waals surface area (Å²) in [5, 5.41) is 0. The van der Waals surface area contributed by atoms with Crippen molar-refractivity contribution in [2.24, 2.45) is 0 Å². The summed E-state index contributed by atoms with van der Waals surface area (Å²) < 4.78 is 26.8. The highest BCUT2D eigenvalue weighted by atomic mass is 32.2. The van der Waals surface area contributed by atoms with E-state index in [0.717, 1.165) is 11.3 Å². The van der Waals surface area contributed by atoms with E-state index in [-0.39, 0.29) is 4.90 Å². The number of benzene rings is 1. The summed E-state index contributed by atoms with van der Waals surface area (Å²) in [6.45, 7) is 0. The standard InChI is InChI=1S/C18H13N3O2S/c22-24(23,15-6-2-1-3-7-15)21-12-10-17-18(21)9-8-16(20-17)14-5-4-11-19-13-14/h1-13H. The second-order valence-corrected chi connectivity index (χ2v) is 7.09. The average molecular weight is 335 g/mol. The molecular weight excluding hydrogens is 322 g/mol. The zero-order valence-electron chi connectivity index (χ0n) is 12.6. The summed E-state index contributed by atoms with van der Waals surface area (Å²) in [4.78, 5) is 8.88. The van der Waals surface area contributed by atoms with Crippen LogP contribution in [0.4, 0.5) is 0 Å². The van der Waals surface area contributed by atoms with Crippen LogP contribution >= 0.6 is 0 Å². The van der Waals surface area contributed by atoms with Gasteiger partial charge in [-0.1, -0.05) is 18.2 Å². The second kappa shape index (κ2) is 5.58. The Labute approximate surface area is 139 Å². The number of hydrogen-bond acceptors (Lipinski definition) is 4. The van der Waals surface area contributed by atoms with Gasteiger partial charge >= 0.3 is 0 Å². The summed E-state index contributed by atoms with van der Waals surface area (Å²) in [5.41, 5.74) is 2.81. The molecular formula is C18H13N3O2S. The minimum atomic E-state index is -3.64. The van der Waals surface area contributed by atoms with Crippen LogP contribution in [0.1, 0.15) is 0 Å². The smallest absolute Gasteiger partial charge is 0.264 e. The maximum Gasteiger partial charge on any atom is 0.268 e. The van der Waals surface area contributed by atoms with Gasteiger partial charge in [0.2, 0.25) is 0 Å². The van der Waals surface area contributed by atoms with Crippen LogP contribution in [0.3, 0.4) is 0 Å². The van der Waals surface area contributed by atoms with E-state index in [2.05, 4.69) is 9.97 Å². The molecule has 0 saturated carbocycles. The molecule has 6 heteroatoms. The van der Waals surface area contributed by atoms with Crippen LogP contribution in [0.15, 0.2) is 84.1 Å². The molecule has 0 aliphatic heterocycles. The third kappa shape index (κ3) is 2.37. The van der Waals surface area contributed by atoms with E-state index in [1.54, 1.807) is 60.9 Å². The number of pyridine rings is 2. The molecule has 118 valence electrons. The van der Waals surface area contributed by atoms with Gasteiger partial charge in [0.05, 0.1) is 21.6 Å². The largest absolute Gasteiger partial charge is 0.268 e. The van der Waals surface area contributed by atoms with Crippen molar-refractivity contribution in [3.63, 3.8) is 0 Å². The molecule has 0 saturated heterocycles. The van der Waals surface area contributed by atoms with Crippen molar-refractivity contribution < 1.29 is 8.42 Å². The molecule has 0 radical (unpaired) electrons. The minimum Gasteiger partial charge on any atom is -0.264 e. The third-order valence-corrected chi connectivity index (χ3v) is 5.47. The molecule has 0 unspecified atom stereocenters. The van der Waals surface area contributed by atoms with Crippen LogP contribution in [-0.4, -0.2) is 22.4 Å². The van der Waals surface area contributed by atoms with Crippen LogP contribution in [0.5, 0.6) is 0 Å². The fraction of sp³-hybridized carbons (Fsp3) is 0. The van der Waals surface area contributed by atoms with E-state index in [9.17, 15) is 8.42 Å². The van der Waals surface area contributed by atoms with Gasteiger partial charge in [-0.2, -0.15) is 0 Å². The van der Waals surface area contributed by atoms with Gasteiger partial charge in [0.1, 0.15) is 0 Å². The first-order valence-electron chi connectivity index (χ1n) is 7.35. The van der Waals surface area contributed by atoms with E-state index in [1.807, 2.05) is 12.1 Å². The maximum absolute atomic E-state index is 12.8. The molecule has 3 heterocycles. The number of hydrogen-bond donors (Lipinski definition) is 0. The highest BCUT2D eigenvalue weighted by molar-refractivity contribution is 7.90. The first kappa shape index (κ1) is 14.6. The minimum absolute atomic E-state index is 0.249. The van der Waals surface area contributed by atoms with Crippen molar-refractivity contribution in [1.29, 1.82) is 0 Å². The van der Waals surface area contributed by atoms with E-state index < -0.39 is 10.0 Å². The summed E-state index contributed by atoms with van der Waals surface area (Å²) >= 11 is 0. The molecule has 4 aromatic rings. The lowest BCUT2D eigenvalue weighted by atomic mass is 10.2. The molecule has 5 nitrogen and oxygen atoms in total. The third-order valence-electron chi connectivity index (χ3n) is 3.76. The molecule has 0 spiro atoms. The van der Waals surface area contributed by atoms with Crippen LogP contribution in [0, 0.1) is 0 Å². The monoisotopic (exact) mass is 335 g/mol. The Morgan fingerprint density at radius 3 is 2.46 bits per heavy atom. The molecule has 0 bridgehead atoms. The van der Waals surface area contributed by atoms with E-state index >= 15 is 0 Å². The lowest BCUT2D eigenvalue weighted by Crippen LogP contribution is -2.11. The predicted octanol–water partition coefficient (Wildman–Crippen LogP) is 3.34. The van der Waals surface area contributed by atoms with Crippen LogP contribution < -0.4 is 0 Å². The lowest BCUT2D eigenvalue weighted by molar-refractivity contribution is 0.589. The Bertz CT molecular complexity index is 1100. The fourth-order valence-electron chi connectivity index (χ4n) is 2.59. The van der Waals surface area contributed by atoms with E-state index in [4.69, 9.17) is 0 Å². The molecule has 3 aromatic heterocycles. The van der Waals surface area contributed by atoms with Gasteiger partial charge in [-0.15, -0.1) is 0 Å². The Balaban J connectivity index is 1.85. The first-order chi connectivity index (χ1) is 11.7. The quantitative estimate of drug-likeness (QED) is 0.576. The number of rotatable bonds is 3. The number of nitrogens with zero attached hydrogens (tertiary/aromatic N) is 3. The second-order valence-electron chi connectivity index (χ2n) is 5.27. The molecule has 0 N–H and O–H groups in total. The maximum atomic E-state index is 12.8. The number of aromatic nitrogens is 3. The summed E-state index contributed by atoms with van der Waals surface area (Å²) in [7, 11) is -3.64. The van der Waals surface area contributed by atoms with Crippen molar-refractivity contribution in [3.8, 4) is 11.3 Å². The van der Waals surface area contributed by atoms with Crippen molar-refractivity contribution >= 4 is 21.1 Å². The topological polar surface area (TPSA) is 64.8 Å². The summed E-state index contributed by atoms with van der Waals surface area (Å²) in [6.07, 6.45) is 4.96. The molecule has 0 atom stereocenters. The normalized spacial score (nSPS) is 11.7. The zero-order chi connectivity index (χ0) is 16.6. The van der Waals surface area contributed by atoms with Crippen molar-refractivity contribution in [1.82, 2.24) is 13.9 Å². The van der Waals surface area contributed by atoms with Gasteiger partial charge in [-0.25, -0.2) is 17.4 Å². The zero-order valence-corrected chi connectivity index (χ0v) is 13.4. The van der Waals surface area contributed by atoms with E-state index in [1.165, 1.54) is 10.2 Å². The molecule has 0 fully saturated rings. The van der Waals surface area contributed by atoms with Gasteiger partial charge in [-0.3, -0.25) is 4.98 Å². The van der Waals surface area contributed by atoms with Crippen LogP contribution in [0.2, 0.25) is 0 Å². The molecule has 1 aromatic carbocycles. The molecule has 0 aliphatic carbocycles. The summed E-state index contributed by atoms with van der Waals surface area (Å²) in [5.74, 6) is 0. The van der Waals surface area contributed by atoms with Gasteiger partial charge in [-0.05, 0) is 42.5 Å². The van der Waals surface area contributed by atoms with Gasteiger partial charge in [0.15, 0.2) is 0 Å². The van der Waals surface area contributed by atoms with Crippen molar-refractivity contribution in [2.45, 2.75) is 4.90 Å². The average Bonchev–Trinajstić information content (AvgIpc) is 3.07. The molecule has 0 amide bonds. The Morgan fingerprint density at radius 2 is 1.71 bits per heavy atom. The molecule has 0 aliphatic rings. The van der Waals surface area contributed by atoms with E-state index in [0.29, 0.717) is 11.0 Å². The first-order valence-corrected chi connectivity index (χ1v) is 8.79. The highest BCUT2D eigenvalue weighted by Gasteiger charge is 2.19. The Morgan fingerprint density at radius 1 is 0.875 bits per heavy atom. The summed E-state index contributed by atoms with van der Waals surface area (Å²) in [6, 6.07) is 17.4. The fourth-order valence-corrected chi connectivity index (χ4v) is 3.95.